The first-order valence-electron chi connectivity index (χ1n) is 6.04. The number of benzene rings is 1. The van der Waals surface area contributed by atoms with Crippen LogP contribution in [-0.2, 0) is 17.8 Å². The molecule has 0 atom stereocenters. The molecule has 6 nitrogen and oxygen atoms in total. The number of esters is 1. The maximum absolute atomic E-state index is 13.4. The molecule has 1 aromatic carbocycles. The number of nitrogens with zero attached hydrogens (tertiary/aromatic N) is 3. The number of hydrogen-bond donors (Lipinski definition) is 1. The third-order valence-corrected chi connectivity index (χ3v) is 2.86. The van der Waals surface area contributed by atoms with Gasteiger partial charge in [-0.3, -0.25) is 4.57 Å². The van der Waals surface area contributed by atoms with Crippen molar-refractivity contribution in [2.75, 3.05) is 7.11 Å². The normalized spacial score (nSPS) is 10.6. The van der Waals surface area contributed by atoms with Crippen LogP contribution < -0.4 is 0 Å². The van der Waals surface area contributed by atoms with E-state index in [2.05, 4.69) is 14.9 Å². The van der Waals surface area contributed by atoms with Crippen molar-refractivity contribution >= 4 is 5.97 Å². The predicted molar refractivity (Wildman–Crippen MR) is 68.0 cm³/mol. The number of hydrogen-bond acceptors (Lipinski definition) is 5. The van der Waals surface area contributed by atoms with Gasteiger partial charge in [-0.2, -0.15) is 0 Å². The summed E-state index contributed by atoms with van der Waals surface area (Å²) in [7, 11) is 1.22. The molecule has 2 rings (SSSR count). The molecular weight excluding hydrogens is 265 g/mol. The average Bonchev–Trinajstić information content (AvgIpc) is 2.89. The first-order valence-corrected chi connectivity index (χ1v) is 6.04. The number of carbonyl (C=O) groups is 1. The Morgan fingerprint density at radius 1 is 1.40 bits per heavy atom. The number of aliphatic hydroxyl groups excluding tert-OH is 1. The van der Waals surface area contributed by atoms with Crippen LogP contribution in [0.15, 0.2) is 18.2 Å². The van der Waals surface area contributed by atoms with Crippen molar-refractivity contribution < 1.29 is 19.0 Å². The van der Waals surface area contributed by atoms with Crippen molar-refractivity contribution in [3.63, 3.8) is 0 Å². The summed E-state index contributed by atoms with van der Waals surface area (Å²) in [6.45, 7) is 1.52. The average molecular weight is 279 g/mol. The Kier molecular flexibility index (Phi) is 4.09. The molecule has 0 aliphatic rings. The number of aliphatic hydroxyl groups is 1. The Morgan fingerprint density at radius 2 is 2.10 bits per heavy atom. The molecule has 20 heavy (non-hydrogen) atoms. The van der Waals surface area contributed by atoms with Crippen LogP contribution in [0.5, 0.6) is 0 Å². The van der Waals surface area contributed by atoms with Crippen molar-refractivity contribution in [1.29, 1.82) is 0 Å². The third-order valence-electron chi connectivity index (χ3n) is 2.86. The van der Waals surface area contributed by atoms with Gasteiger partial charge in [0.05, 0.1) is 18.4 Å². The minimum absolute atomic E-state index is 0.0525. The fourth-order valence-corrected chi connectivity index (χ4v) is 1.94. The molecule has 1 heterocycles. The molecule has 1 aromatic heterocycles. The van der Waals surface area contributed by atoms with Crippen molar-refractivity contribution in [1.82, 2.24) is 14.8 Å². The van der Waals surface area contributed by atoms with Crippen molar-refractivity contribution in [3.05, 3.63) is 41.2 Å². The van der Waals surface area contributed by atoms with Crippen LogP contribution in [0.25, 0.3) is 5.69 Å². The smallest absolute Gasteiger partial charge is 0.340 e. The molecule has 0 amide bonds. The first-order chi connectivity index (χ1) is 9.62. The number of halogens is 1. The van der Waals surface area contributed by atoms with Crippen LogP contribution in [0.4, 0.5) is 4.39 Å². The van der Waals surface area contributed by atoms with Gasteiger partial charge in [0.25, 0.3) is 0 Å². The molecule has 0 unspecified atom stereocenters. The molecule has 0 saturated carbocycles. The van der Waals surface area contributed by atoms with E-state index < -0.39 is 11.8 Å². The lowest BCUT2D eigenvalue weighted by Crippen LogP contribution is -2.12. The largest absolute Gasteiger partial charge is 0.465 e. The standard InChI is InChI=1S/C13H14FN3O3/c1-3-11-15-16-12(7-18)17(11)10-5-4-8(14)6-9(10)13(19)20-2/h4-6,18H,3,7H2,1-2H3. The number of carbonyl (C=O) groups excluding carboxylic acids is 1. The van der Waals surface area contributed by atoms with Gasteiger partial charge in [0.1, 0.15) is 18.2 Å². The van der Waals surface area contributed by atoms with Crippen molar-refractivity contribution in [2.45, 2.75) is 20.0 Å². The highest BCUT2D eigenvalue weighted by Gasteiger charge is 2.19. The highest BCUT2D eigenvalue weighted by molar-refractivity contribution is 5.93. The monoisotopic (exact) mass is 279 g/mol. The molecule has 0 bridgehead atoms. The van der Waals surface area contributed by atoms with E-state index in [1.165, 1.54) is 23.8 Å². The summed E-state index contributed by atoms with van der Waals surface area (Å²) < 4.78 is 19.5. The Labute approximate surface area is 114 Å². The summed E-state index contributed by atoms with van der Waals surface area (Å²) in [5.41, 5.74) is 0.431. The van der Waals surface area contributed by atoms with Gasteiger partial charge in [-0.15, -0.1) is 10.2 Å². The molecule has 0 fully saturated rings. The first kappa shape index (κ1) is 14.1. The van der Waals surface area contributed by atoms with Gasteiger partial charge in [0.2, 0.25) is 0 Å². The second-order valence-electron chi connectivity index (χ2n) is 4.03. The summed E-state index contributed by atoms with van der Waals surface area (Å²) in [6, 6.07) is 3.74. The lowest BCUT2D eigenvalue weighted by molar-refractivity contribution is 0.0600. The Bertz CT molecular complexity index is 618. The van der Waals surface area contributed by atoms with E-state index in [1.54, 1.807) is 0 Å². The zero-order chi connectivity index (χ0) is 14.7. The van der Waals surface area contributed by atoms with Crippen LogP contribution in [-0.4, -0.2) is 33.0 Å². The molecule has 0 saturated heterocycles. The van der Waals surface area contributed by atoms with E-state index in [1.807, 2.05) is 6.92 Å². The zero-order valence-corrected chi connectivity index (χ0v) is 11.1. The van der Waals surface area contributed by atoms with Crippen LogP contribution in [0.3, 0.4) is 0 Å². The maximum atomic E-state index is 13.4. The molecule has 0 aliphatic heterocycles. The minimum Gasteiger partial charge on any atom is -0.465 e. The Morgan fingerprint density at radius 3 is 2.70 bits per heavy atom. The highest BCUT2D eigenvalue weighted by atomic mass is 19.1. The molecule has 2 aromatic rings. The maximum Gasteiger partial charge on any atom is 0.340 e. The van der Waals surface area contributed by atoms with Crippen LogP contribution in [0, 0.1) is 5.82 Å². The third kappa shape index (κ3) is 2.39. The lowest BCUT2D eigenvalue weighted by atomic mass is 10.1. The molecule has 0 radical (unpaired) electrons. The second-order valence-corrected chi connectivity index (χ2v) is 4.03. The second kappa shape index (κ2) is 5.79. The minimum atomic E-state index is -0.667. The van der Waals surface area contributed by atoms with E-state index in [9.17, 15) is 14.3 Å². The fraction of sp³-hybridized carbons (Fsp3) is 0.308. The van der Waals surface area contributed by atoms with Crippen molar-refractivity contribution in [2.24, 2.45) is 0 Å². The Hall–Kier alpha value is -2.28. The number of rotatable bonds is 4. The number of ether oxygens (including phenoxy) is 1. The molecule has 0 aliphatic carbocycles. The molecule has 106 valence electrons. The number of methoxy groups -OCH3 is 1. The van der Waals surface area contributed by atoms with E-state index in [0.29, 0.717) is 17.9 Å². The predicted octanol–water partition coefficient (Wildman–Crippen LogP) is 1.25. The van der Waals surface area contributed by atoms with Gasteiger partial charge in [0.15, 0.2) is 5.82 Å². The van der Waals surface area contributed by atoms with Crippen LogP contribution in [0.2, 0.25) is 0 Å². The topological polar surface area (TPSA) is 77.2 Å². The number of aryl methyl sites for hydroxylation is 1. The molecule has 7 heteroatoms. The van der Waals surface area contributed by atoms with E-state index >= 15 is 0 Å². The SMILES string of the molecule is CCc1nnc(CO)n1-c1ccc(F)cc1C(=O)OC. The highest BCUT2D eigenvalue weighted by Crippen LogP contribution is 2.21. The lowest BCUT2D eigenvalue weighted by Gasteiger charge is -2.12. The summed E-state index contributed by atoms with van der Waals surface area (Å²) in [5.74, 6) is -0.380. The van der Waals surface area contributed by atoms with Gasteiger partial charge in [-0.25, -0.2) is 9.18 Å². The van der Waals surface area contributed by atoms with Gasteiger partial charge >= 0.3 is 5.97 Å². The molecular formula is C13H14FN3O3. The molecule has 0 spiro atoms. The molecule has 1 N–H and O–H groups in total. The summed E-state index contributed by atoms with van der Waals surface area (Å²) in [5, 5.41) is 17.1. The number of aromatic nitrogens is 3. The van der Waals surface area contributed by atoms with Crippen LogP contribution >= 0.6 is 0 Å². The Balaban J connectivity index is 2.69. The quantitative estimate of drug-likeness (QED) is 0.852. The van der Waals surface area contributed by atoms with E-state index in [4.69, 9.17) is 0 Å². The van der Waals surface area contributed by atoms with E-state index in [-0.39, 0.29) is 18.0 Å². The fourth-order valence-electron chi connectivity index (χ4n) is 1.94. The van der Waals surface area contributed by atoms with Crippen LogP contribution in [0.1, 0.15) is 28.9 Å². The summed E-state index contributed by atoms with van der Waals surface area (Å²) in [6.07, 6.45) is 0.547. The summed E-state index contributed by atoms with van der Waals surface area (Å²) in [4.78, 5) is 11.8. The zero-order valence-electron chi connectivity index (χ0n) is 11.1. The van der Waals surface area contributed by atoms with Gasteiger partial charge < -0.3 is 9.84 Å². The van der Waals surface area contributed by atoms with Crippen molar-refractivity contribution in [3.8, 4) is 5.69 Å². The van der Waals surface area contributed by atoms with E-state index in [0.717, 1.165) is 6.07 Å². The van der Waals surface area contributed by atoms with Gasteiger partial charge in [-0.1, -0.05) is 6.92 Å². The summed E-state index contributed by atoms with van der Waals surface area (Å²) >= 11 is 0. The van der Waals surface area contributed by atoms with Gasteiger partial charge in [-0.05, 0) is 18.2 Å². The van der Waals surface area contributed by atoms with Gasteiger partial charge in [0, 0.05) is 6.42 Å².